The number of carbonyl (C=O) groups excluding carboxylic acids is 1. The van der Waals surface area contributed by atoms with Gasteiger partial charge in [-0.3, -0.25) is 19.5 Å². The molecule has 1 aromatic heterocycles. The van der Waals surface area contributed by atoms with Crippen LogP contribution in [0.2, 0.25) is 0 Å². The van der Waals surface area contributed by atoms with Gasteiger partial charge in [-0.15, -0.1) is 16.8 Å². The van der Waals surface area contributed by atoms with Crippen LogP contribution in [0.15, 0.2) is 60.3 Å². The Balaban J connectivity index is 1.72. The predicted molar refractivity (Wildman–Crippen MR) is 118 cm³/mol. The van der Waals surface area contributed by atoms with E-state index in [-0.39, 0.29) is 17.3 Å². The van der Waals surface area contributed by atoms with Crippen molar-refractivity contribution in [1.82, 2.24) is 14.8 Å². The first-order valence-corrected chi connectivity index (χ1v) is 10.2. The summed E-state index contributed by atoms with van der Waals surface area (Å²) in [6, 6.07) is 12.3. The van der Waals surface area contributed by atoms with E-state index in [1.165, 1.54) is 30.0 Å². The van der Waals surface area contributed by atoms with Crippen molar-refractivity contribution in [2.75, 3.05) is 11.1 Å². The van der Waals surface area contributed by atoms with Crippen molar-refractivity contribution in [3.8, 4) is 11.4 Å². The molecule has 0 aliphatic heterocycles. The molecule has 1 heterocycles. The lowest BCUT2D eigenvalue weighted by molar-refractivity contribution is -0.384. The number of nitro benzene ring substituents is 1. The van der Waals surface area contributed by atoms with E-state index in [9.17, 15) is 14.9 Å². The molecule has 0 spiro atoms. The summed E-state index contributed by atoms with van der Waals surface area (Å²) >= 11 is 1.27. The summed E-state index contributed by atoms with van der Waals surface area (Å²) in [5, 5.41) is 22.8. The average Bonchev–Trinajstić information content (AvgIpc) is 3.11. The summed E-state index contributed by atoms with van der Waals surface area (Å²) in [5.74, 6) is 0.606. The van der Waals surface area contributed by atoms with E-state index in [1.54, 1.807) is 13.0 Å². The van der Waals surface area contributed by atoms with Gasteiger partial charge in [0.15, 0.2) is 11.0 Å². The Bertz CT molecular complexity index is 1110. The van der Waals surface area contributed by atoms with E-state index < -0.39 is 4.92 Å². The molecule has 8 nitrogen and oxygen atoms in total. The number of aromatic nitrogens is 3. The van der Waals surface area contributed by atoms with Crippen LogP contribution in [-0.4, -0.2) is 31.3 Å². The molecule has 0 fully saturated rings. The third-order valence-electron chi connectivity index (χ3n) is 4.33. The number of hydrogen-bond donors (Lipinski definition) is 1. The summed E-state index contributed by atoms with van der Waals surface area (Å²) in [4.78, 5) is 22.8. The third-order valence-corrected chi connectivity index (χ3v) is 5.30. The molecule has 0 bridgehead atoms. The molecule has 0 saturated heterocycles. The highest BCUT2D eigenvalue weighted by Crippen LogP contribution is 2.26. The van der Waals surface area contributed by atoms with Crippen LogP contribution in [0.3, 0.4) is 0 Å². The molecular formula is C21H21N5O3S. The number of rotatable bonds is 8. The van der Waals surface area contributed by atoms with Crippen molar-refractivity contribution in [2.45, 2.75) is 25.5 Å². The van der Waals surface area contributed by atoms with Gasteiger partial charge in [-0.2, -0.15) is 0 Å². The third kappa shape index (κ3) is 4.93. The number of non-ortho nitro benzene ring substituents is 1. The SMILES string of the molecule is C=CCn1c(SCC(=O)Nc2ccc([N+](=O)[O-])cc2C)nnc1-c1cccc(C)c1. The predicted octanol–water partition coefficient (Wildman–Crippen LogP) is 4.39. The van der Waals surface area contributed by atoms with Gasteiger partial charge in [-0.25, -0.2) is 0 Å². The van der Waals surface area contributed by atoms with Crippen molar-refractivity contribution in [2.24, 2.45) is 0 Å². The lowest BCUT2D eigenvalue weighted by Crippen LogP contribution is -2.15. The first-order valence-electron chi connectivity index (χ1n) is 9.18. The molecule has 9 heteroatoms. The van der Waals surface area contributed by atoms with Crippen molar-refractivity contribution in [1.29, 1.82) is 0 Å². The molecular weight excluding hydrogens is 402 g/mol. The molecule has 154 valence electrons. The van der Waals surface area contributed by atoms with Gasteiger partial charge < -0.3 is 5.32 Å². The number of aryl methyl sites for hydroxylation is 2. The Hall–Kier alpha value is -3.46. The van der Waals surface area contributed by atoms with Gasteiger partial charge in [-0.1, -0.05) is 41.6 Å². The number of amides is 1. The standard InChI is InChI=1S/C21H21N5O3S/c1-4-10-25-20(16-7-5-6-14(2)11-16)23-24-21(25)30-13-19(27)22-18-9-8-17(26(28)29)12-15(18)3/h4-9,11-12H,1,10,13H2,2-3H3,(H,22,27). The minimum absolute atomic E-state index is 0.0129. The number of nitrogens with one attached hydrogen (secondary N) is 1. The van der Waals surface area contributed by atoms with Crippen molar-refractivity contribution in [3.63, 3.8) is 0 Å². The Morgan fingerprint density at radius 3 is 2.73 bits per heavy atom. The Kier molecular flexibility index (Phi) is 6.63. The fraction of sp³-hybridized carbons (Fsp3) is 0.190. The first kappa shape index (κ1) is 21.3. The molecule has 0 saturated carbocycles. The van der Waals surface area contributed by atoms with Crippen LogP contribution in [0.5, 0.6) is 0 Å². The molecule has 0 radical (unpaired) electrons. The van der Waals surface area contributed by atoms with E-state index in [0.29, 0.717) is 28.8 Å². The number of benzene rings is 2. The normalized spacial score (nSPS) is 10.6. The van der Waals surface area contributed by atoms with Crippen molar-refractivity contribution in [3.05, 3.63) is 76.4 Å². The lowest BCUT2D eigenvalue weighted by Gasteiger charge is -2.09. The second-order valence-corrected chi connectivity index (χ2v) is 7.61. The lowest BCUT2D eigenvalue weighted by atomic mass is 10.1. The van der Waals surface area contributed by atoms with E-state index in [2.05, 4.69) is 22.1 Å². The van der Waals surface area contributed by atoms with Crippen LogP contribution in [0.1, 0.15) is 11.1 Å². The van der Waals surface area contributed by atoms with Gasteiger partial charge in [0, 0.05) is 29.9 Å². The Morgan fingerprint density at radius 2 is 2.07 bits per heavy atom. The Labute approximate surface area is 178 Å². The van der Waals surface area contributed by atoms with Gasteiger partial charge in [0.05, 0.1) is 10.7 Å². The number of carbonyl (C=O) groups is 1. The van der Waals surface area contributed by atoms with Crippen molar-refractivity contribution >= 4 is 29.0 Å². The highest BCUT2D eigenvalue weighted by Gasteiger charge is 2.16. The van der Waals surface area contributed by atoms with Crippen LogP contribution in [0, 0.1) is 24.0 Å². The molecule has 0 aliphatic carbocycles. The maximum absolute atomic E-state index is 12.4. The summed E-state index contributed by atoms with van der Waals surface area (Å²) in [6.45, 7) is 8.04. The fourth-order valence-electron chi connectivity index (χ4n) is 2.90. The second-order valence-electron chi connectivity index (χ2n) is 6.67. The largest absolute Gasteiger partial charge is 0.325 e. The number of nitrogens with zero attached hydrogens (tertiary/aromatic N) is 4. The van der Waals surface area contributed by atoms with E-state index in [1.807, 2.05) is 35.8 Å². The van der Waals surface area contributed by atoms with E-state index in [0.717, 1.165) is 11.1 Å². The Morgan fingerprint density at radius 1 is 1.27 bits per heavy atom. The summed E-state index contributed by atoms with van der Waals surface area (Å²) in [6.07, 6.45) is 1.76. The number of hydrogen-bond acceptors (Lipinski definition) is 6. The van der Waals surface area contributed by atoms with E-state index >= 15 is 0 Å². The fourth-order valence-corrected chi connectivity index (χ4v) is 3.65. The zero-order valence-electron chi connectivity index (χ0n) is 16.7. The van der Waals surface area contributed by atoms with Crippen LogP contribution in [0.25, 0.3) is 11.4 Å². The maximum atomic E-state index is 12.4. The zero-order chi connectivity index (χ0) is 21.7. The van der Waals surface area contributed by atoms with Crippen LogP contribution < -0.4 is 5.32 Å². The highest BCUT2D eigenvalue weighted by molar-refractivity contribution is 7.99. The topological polar surface area (TPSA) is 103 Å². The van der Waals surface area contributed by atoms with Crippen LogP contribution in [0.4, 0.5) is 11.4 Å². The molecule has 3 rings (SSSR count). The van der Waals surface area contributed by atoms with Crippen LogP contribution >= 0.6 is 11.8 Å². The second kappa shape index (κ2) is 9.36. The summed E-state index contributed by atoms with van der Waals surface area (Å²) < 4.78 is 1.91. The number of thioether (sulfide) groups is 1. The maximum Gasteiger partial charge on any atom is 0.269 e. The first-order chi connectivity index (χ1) is 14.4. The number of anilines is 1. The number of nitro groups is 1. The summed E-state index contributed by atoms with van der Waals surface area (Å²) in [7, 11) is 0. The molecule has 1 amide bonds. The molecule has 0 aliphatic rings. The van der Waals surface area contributed by atoms with Crippen molar-refractivity contribution < 1.29 is 9.72 Å². The highest BCUT2D eigenvalue weighted by atomic mass is 32.2. The molecule has 0 atom stereocenters. The minimum Gasteiger partial charge on any atom is -0.325 e. The van der Waals surface area contributed by atoms with Gasteiger partial charge in [0.25, 0.3) is 5.69 Å². The van der Waals surface area contributed by atoms with Gasteiger partial charge >= 0.3 is 0 Å². The summed E-state index contributed by atoms with van der Waals surface area (Å²) in [5.41, 5.74) is 3.22. The van der Waals surface area contributed by atoms with Gasteiger partial charge in [0.2, 0.25) is 5.91 Å². The average molecular weight is 423 g/mol. The zero-order valence-corrected chi connectivity index (χ0v) is 17.5. The molecule has 3 aromatic rings. The minimum atomic E-state index is -0.466. The molecule has 2 aromatic carbocycles. The quantitative estimate of drug-likeness (QED) is 0.249. The van der Waals surface area contributed by atoms with Gasteiger partial charge in [-0.05, 0) is 31.5 Å². The molecule has 1 N–H and O–H groups in total. The molecule has 30 heavy (non-hydrogen) atoms. The monoisotopic (exact) mass is 423 g/mol. The molecule has 0 unspecified atom stereocenters. The van der Waals surface area contributed by atoms with Crippen LogP contribution in [-0.2, 0) is 11.3 Å². The number of allylic oxidation sites excluding steroid dienone is 1. The van der Waals surface area contributed by atoms with Gasteiger partial charge in [0.1, 0.15) is 0 Å². The smallest absolute Gasteiger partial charge is 0.269 e. The van der Waals surface area contributed by atoms with E-state index in [4.69, 9.17) is 0 Å².